The van der Waals surface area contributed by atoms with E-state index >= 15 is 0 Å². The first-order valence-corrected chi connectivity index (χ1v) is 7.76. The molecule has 0 saturated heterocycles. The van der Waals surface area contributed by atoms with E-state index in [0.29, 0.717) is 17.1 Å². The van der Waals surface area contributed by atoms with Crippen molar-refractivity contribution in [3.05, 3.63) is 47.9 Å². The highest BCUT2D eigenvalue weighted by atomic mass is 16.6. The van der Waals surface area contributed by atoms with E-state index in [1.807, 2.05) is 0 Å². The molecule has 0 bridgehead atoms. The molecule has 1 heterocycles. The van der Waals surface area contributed by atoms with Crippen molar-refractivity contribution in [3.8, 4) is 34.4 Å². The van der Waals surface area contributed by atoms with E-state index in [4.69, 9.17) is 18.7 Å². The summed E-state index contributed by atoms with van der Waals surface area (Å²) in [5, 5.41) is 22.8. The predicted octanol–water partition coefficient (Wildman–Crippen LogP) is 2.52. The van der Waals surface area contributed by atoms with Crippen molar-refractivity contribution in [2.24, 2.45) is 0 Å². The van der Waals surface area contributed by atoms with E-state index < -0.39 is 11.7 Å². The zero-order valence-corrected chi connectivity index (χ0v) is 14.5. The summed E-state index contributed by atoms with van der Waals surface area (Å²) < 4.78 is 20.6. The third kappa shape index (κ3) is 3.92. The zero-order chi connectivity index (χ0) is 19.4. The second-order valence-corrected chi connectivity index (χ2v) is 5.36. The van der Waals surface area contributed by atoms with Crippen molar-refractivity contribution >= 4 is 5.97 Å². The second-order valence-electron chi connectivity index (χ2n) is 5.36. The minimum absolute atomic E-state index is 0.0643. The maximum Gasteiger partial charge on any atom is 0.342 e. The topological polar surface area (TPSA) is 124 Å². The van der Waals surface area contributed by atoms with Crippen LogP contribution in [0.15, 0.2) is 40.9 Å². The van der Waals surface area contributed by atoms with Crippen LogP contribution in [-0.4, -0.2) is 40.5 Å². The summed E-state index contributed by atoms with van der Waals surface area (Å²) in [5.74, 6) is 0.0692. The number of rotatable bonds is 6. The van der Waals surface area contributed by atoms with Crippen molar-refractivity contribution in [3.63, 3.8) is 0 Å². The largest absolute Gasteiger partial charge is 0.508 e. The molecular formula is C18H16N2O7. The quantitative estimate of drug-likeness (QED) is 0.628. The molecule has 1 aromatic heterocycles. The molecule has 0 radical (unpaired) electrons. The standard InChI is InChI=1S/C18H16N2O7/c1-24-11-4-6-13(15(8-11)25-2)17-19-16(27-20-17)9-26-18(23)12-5-3-10(21)7-14(12)22/h3-8,21-22H,9H2,1-2H3. The van der Waals surface area contributed by atoms with Gasteiger partial charge in [-0.25, -0.2) is 4.79 Å². The molecule has 0 saturated carbocycles. The molecule has 0 spiro atoms. The molecule has 0 unspecified atom stereocenters. The first-order chi connectivity index (χ1) is 13.0. The average molecular weight is 372 g/mol. The average Bonchev–Trinajstić information content (AvgIpc) is 3.14. The lowest BCUT2D eigenvalue weighted by Gasteiger charge is -2.07. The first-order valence-electron chi connectivity index (χ1n) is 7.76. The molecule has 0 atom stereocenters. The summed E-state index contributed by atoms with van der Waals surface area (Å²) in [6.45, 7) is -0.287. The fourth-order valence-electron chi connectivity index (χ4n) is 2.30. The summed E-state index contributed by atoms with van der Waals surface area (Å²) in [6.07, 6.45) is 0. The maximum atomic E-state index is 12.0. The number of benzene rings is 2. The number of ether oxygens (including phenoxy) is 3. The Bertz CT molecular complexity index is 968. The van der Waals surface area contributed by atoms with Crippen molar-refractivity contribution in [1.29, 1.82) is 0 Å². The number of aromatic nitrogens is 2. The summed E-state index contributed by atoms with van der Waals surface area (Å²) in [4.78, 5) is 16.2. The van der Waals surface area contributed by atoms with Gasteiger partial charge in [-0.1, -0.05) is 5.16 Å². The monoisotopic (exact) mass is 372 g/mol. The maximum absolute atomic E-state index is 12.0. The Hall–Kier alpha value is -3.75. The minimum atomic E-state index is -0.797. The van der Waals surface area contributed by atoms with Crippen LogP contribution in [-0.2, 0) is 11.3 Å². The Labute approximate surface area is 153 Å². The van der Waals surface area contributed by atoms with Gasteiger partial charge in [0, 0.05) is 12.1 Å². The molecule has 27 heavy (non-hydrogen) atoms. The highest BCUT2D eigenvalue weighted by molar-refractivity contribution is 5.92. The Balaban J connectivity index is 1.72. The Kier molecular flexibility index (Phi) is 5.11. The fourth-order valence-corrected chi connectivity index (χ4v) is 2.30. The predicted molar refractivity (Wildman–Crippen MR) is 91.7 cm³/mol. The van der Waals surface area contributed by atoms with Gasteiger partial charge in [-0.2, -0.15) is 4.98 Å². The van der Waals surface area contributed by atoms with Gasteiger partial charge in [0.05, 0.1) is 19.8 Å². The van der Waals surface area contributed by atoms with Crippen LogP contribution in [0.2, 0.25) is 0 Å². The van der Waals surface area contributed by atoms with Crippen LogP contribution in [0, 0.1) is 0 Å². The summed E-state index contributed by atoms with van der Waals surface area (Å²) in [6, 6.07) is 8.66. The van der Waals surface area contributed by atoms with Crippen LogP contribution >= 0.6 is 0 Å². The lowest BCUT2D eigenvalue weighted by molar-refractivity contribution is 0.0426. The molecule has 0 aliphatic carbocycles. The van der Waals surface area contributed by atoms with E-state index in [1.165, 1.54) is 19.2 Å². The third-order valence-electron chi connectivity index (χ3n) is 3.65. The number of esters is 1. The van der Waals surface area contributed by atoms with E-state index in [-0.39, 0.29) is 29.6 Å². The Morgan fingerprint density at radius 2 is 1.93 bits per heavy atom. The minimum Gasteiger partial charge on any atom is -0.508 e. The van der Waals surface area contributed by atoms with E-state index in [1.54, 1.807) is 25.3 Å². The SMILES string of the molecule is COc1ccc(-c2noc(COC(=O)c3ccc(O)cc3O)n2)c(OC)c1. The smallest absolute Gasteiger partial charge is 0.342 e. The van der Waals surface area contributed by atoms with Crippen LogP contribution < -0.4 is 9.47 Å². The molecule has 140 valence electrons. The number of aromatic hydroxyl groups is 2. The third-order valence-corrected chi connectivity index (χ3v) is 3.65. The normalized spacial score (nSPS) is 10.4. The van der Waals surface area contributed by atoms with Gasteiger partial charge in [-0.3, -0.25) is 0 Å². The van der Waals surface area contributed by atoms with Crippen molar-refractivity contribution < 1.29 is 33.7 Å². The number of carbonyl (C=O) groups excluding carboxylic acids is 1. The molecule has 0 aliphatic rings. The van der Waals surface area contributed by atoms with Gasteiger partial charge in [-0.15, -0.1) is 0 Å². The number of nitrogens with zero attached hydrogens (tertiary/aromatic N) is 2. The summed E-state index contributed by atoms with van der Waals surface area (Å²) in [5.41, 5.74) is 0.486. The van der Waals surface area contributed by atoms with Crippen LogP contribution in [0.4, 0.5) is 0 Å². The molecule has 3 aromatic rings. The molecule has 0 aliphatic heterocycles. The molecule has 3 rings (SSSR count). The van der Waals surface area contributed by atoms with E-state index in [2.05, 4.69) is 10.1 Å². The Morgan fingerprint density at radius 1 is 1.11 bits per heavy atom. The summed E-state index contributed by atoms with van der Waals surface area (Å²) >= 11 is 0. The van der Waals surface area contributed by atoms with E-state index in [9.17, 15) is 15.0 Å². The van der Waals surface area contributed by atoms with Crippen molar-refractivity contribution in [2.45, 2.75) is 6.61 Å². The van der Waals surface area contributed by atoms with Gasteiger partial charge in [-0.05, 0) is 24.3 Å². The van der Waals surface area contributed by atoms with E-state index in [0.717, 1.165) is 6.07 Å². The number of phenolic OH excluding ortho intramolecular Hbond substituents is 2. The molecule has 0 amide bonds. The lowest BCUT2D eigenvalue weighted by Crippen LogP contribution is -2.05. The molecule has 9 heteroatoms. The van der Waals surface area contributed by atoms with Gasteiger partial charge in [0.15, 0.2) is 6.61 Å². The van der Waals surface area contributed by atoms with Crippen molar-refractivity contribution in [1.82, 2.24) is 10.1 Å². The fraction of sp³-hybridized carbons (Fsp3) is 0.167. The van der Waals surface area contributed by atoms with Gasteiger partial charge in [0.1, 0.15) is 28.6 Å². The van der Waals surface area contributed by atoms with Gasteiger partial charge in [0.25, 0.3) is 5.89 Å². The van der Waals surface area contributed by atoms with Gasteiger partial charge >= 0.3 is 5.97 Å². The molecule has 0 fully saturated rings. The lowest BCUT2D eigenvalue weighted by atomic mass is 10.2. The number of methoxy groups -OCH3 is 2. The van der Waals surface area contributed by atoms with Gasteiger partial charge in [0.2, 0.25) is 5.82 Å². The number of hydrogen-bond donors (Lipinski definition) is 2. The Morgan fingerprint density at radius 3 is 2.63 bits per heavy atom. The number of hydrogen-bond acceptors (Lipinski definition) is 9. The number of carbonyl (C=O) groups is 1. The number of phenols is 2. The van der Waals surface area contributed by atoms with Crippen molar-refractivity contribution in [2.75, 3.05) is 14.2 Å². The highest BCUT2D eigenvalue weighted by Crippen LogP contribution is 2.31. The summed E-state index contributed by atoms with van der Waals surface area (Å²) in [7, 11) is 3.05. The van der Waals surface area contributed by atoms with Crippen LogP contribution in [0.25, 0.3) is 11.4 Å². The van der Waals surface area contributed by atoms with Crippen LogP contribution in [0.5, 0.6) is 23.0 Å². The van der Waals surface area contributed by atoms with Crippen LogP contribution in [0.1, 0.15) is 16.2 Å². The molecule has 9 nitrogen and oxygen atoms in total. The zero-order valence-electron chi connectivity index (χ0n) is 14.5. The molecular weight excluding hydrogens is 356 g/mol. The second kappa shape index (κ2) is 7.65. The molecule has 2 N–H and O–H groups in total. The van der Waals surface area contributed by atoms with Gasteiger partial charge < -0.3 is 28.9 Å². The first kappa shape index (κ1) is 18.1. The van der Waals surface area contributed by atoms with Crippen LogP contribution in [0.3, 0.4) is 0 Å². The highest BCUT2D eigenvalue weighted by Gasteiger charge is 2.17. The molecule has 2 aromatic carbocycles.